The van der Waals surface area contributed by atoms with E-state index < -0.39 is 0 Å². The van der Waals surface area contributed by atoms with E-state index in [4.69, 9.17) is 5.11 Å². The van der Waals surface area contributed by atoms with Gasteiger partial charge in [0.15, 0.2) is 0 Å². The third kappa shape index (κ3) is 5.48. The fourth-order valence-corrected chi connectivity index (χ4v) is 2.06. The summed E-state index contributed by atoms with van der Waals surface area (Å²) in [5.41, 5.74) is 0.419. The standard InChI is InChI=1S/C13H19FN2O2S/c1-9(4-3-7-17)15-13(18)16-10-5-6-12(19-2)11(14)8-10/h5-6,8-9,17H,3-4,7H2,1-2H3,(H2,15,16,18). The van der Waals surface area contributed by atoms with Gasteiger partial charge in [0.2, 0.25) is 0 Å². The Balaban J connectivity index is 2.50. The zero-order valence-electron chi connectivity index (χ0n) is 11.1. The second-order valence-electron chi connectivity index (χ2n) is 4.21. The van der Waals surface area contributed by atoms with Crippen LogP contribution in [0.25, 0.3) is 0 Å². The number of hydrogen-bond donors (Lipinski definition) is 3. The van der Waals surface area contributed by atoms with Gasteiger partial charge in [-0.1, -0.05) is 0 Å². The predicted molar refractivity (Wildman–Crippen MR) is 76.1 cm³/mol. The van der Waals surface area contributed by atoms with E-state index in [9.17, 15) is 9.18 Å². The van der Waals surface area contributed by atoms with Gasteiger partial charge in [-0.3, -0.25) is 0 Å². The van der Waals surface area contributed by atoms with E-state index in [1.165, 1.54) is 17.8 Å². The predicted octanol–water partition coefficient (Wildman–Crippen LogP) is 2.83. The molecule has 0 fully saturated rings. The van der Waals surface area contributed by atoms with Crippen LogP contribution in [0.2, 0.25) is 0 Å². The Morgan fingerprint density at radius 3 is 2.84 bits per heavy atom. The maximum Gasteiger partial charge on any atom is 0.319 e. The van der Waals surface area contributed by atoms with Crippen LogP contribution in [0.3, 0.4) is 0 Å². The lowest BCUT2D eigenvalue weighted by Crippen LogP contribution is -2.36. The fraction of sp³-hybridized carbons (Fsp3) is 0.462. The zero-order valence-corrected chi connectivity index (χ0v) is 11.9. The lowest BCUT2D eigenvalue weighted by molar-refractivity contribution is 0.245. The Labute approximate surface area is 116 Å². The molecular formula is C13H19FN2O2S. The van der Waals surface area contributed by atoms with Crippen molar-refractivity contribution in [2.24, 2.45) is 0 Å². The van der Waals surface area contributed by atoms with Crippen LogP contribution in [0.4, 0.5) is 14.9 Å². The first-order valence-corrected chi connectivity index (χ1v) is 7.31. The van der Waals surface area contributed by atoms with E-state index >= 15 is 0 Å². The van der Waals surface area contributed by atoms with Crippen molar-refractivity contribution in [2.75, 3.05) is 18.2 Å². The third-order valence-electron chi connectivity index (χ3n) is 2.58. The molecule has 0 aliphatic carbocycles. The van der Waals surface area contributed by atoms with Crippen LogP contribution in [0.15, 0.2) is 23.1 Å². The Morgan fingerprint density at radius 2 is 2.26 bits per heavy atom. The van der Waals surface area contributed by atoms with Crippen LogP contribution in [0.1, 0.15) is 19.8 Å². The molecule has 106 valence electrons. The number of carbonyl (C=O) groups is 1. The molecule has 1 aromatic rings. The van der Waals surface area contributed by atoms with Gasteiger partial charge in [-0.2, -0.15) is 0 Å². The lowest BCUT2D eigenvalue weighted by atomic mass is 10.2. The molecule has 1 atom stereocenters. The topological polar surface area (TPSA) is 61.4 Å². The number of rotatable bonds is 6. The lowest BCUT2D eigenvalue weighted by Gasteiger charge is -2.14. The van der Waals surface area contributed by atoms with Crippen molar-refractivity contribution in [3.05, 3.63) is 24.0 Å². The highest BCUT2D eigenvalue weighted by Crippen LogP contribution is 2.22. The number of nitrogens with one attached hydrogen (secondary N) is 2. The molecule has 19 heavy (non-hydrogen) atoms. The van der Waals surface area contributed by atoms with E-state index in [0.29, 0.717) is 23.4 Å². The minimum absolute atomic E-state index is 0.0394. The molecule has 2 amide bonds. The third-order valence-corrected chi connectivity index (χ3v) is 3.35. The van der Waals surface area contributed by atoms with Crippen LogP contribution in [-0.4, -0.2) is 30.0 Å². The van der Waals surface area contributed by atoms with Crippen molar-refractivity contribution in [1.29, 1.82) is 0 Å². The number of thioether (sulfide) groups is 1. The molecule has 0 heterocycles. The molecule has 0 aliphatic rings. The molecule has 0 aliphatic heterocycles. The summed E-state index contributed by atoms with van der Waals surface area (Å²) in [6.07, 6.45) is 3.13. The Kier molecular flexibility index (Phi) is 6.66. The number of benzene rings is 1. The van der Waals surface area contributed by atoms with Crippen molar-refractivity contribution in [1.82, 2.24) is 5.32 Å². The van der Waals surface area contributed by atoms with Crippen LogP contribution >= 0.6 is 11.8 Å². The van der Waals surface area contributed by atoms with Gasteiger partial charge < -0.3 is 15.7 Å². The number of hydrogen-bond acceptors (Lipinski definition) is 3. The number of urea groups is 1. The summed E-state index contributed by atoms with van der Waals surface area (Å²) in [5.74, 6) is -0.348. The van der Waals surface area contributed by atoms with Gasteiger partial charge in [-0.15, -0.1) is 11.8 Å². The van der Waals surface area contributed by atoms with Gasteiger partial charge in [0.1, 0.15) is 5.82 Å². The van der Waals surface area contributed by atoms with Crippen LogP contribution in [0, 0.1) is 5.82 Å². The number of aliphatic hydroxyl groups excluding tert-OH is 1. The number of anilines is 1. The molecule has 1 rings (SSSR count). The fourth-order valence-electron chi connectivity index (χ4n) is 1.60. The van der Waals surface area contributed by atoms with Gasteiger partial charge in [0.05, 0.1) is 0 Å². The summed E-state index contributed by atoms with van der Waals surface area (Å²) in [7, 11) is 0. The molecule has 1 aromatic carbocycles. The van der Waals surface area contributed by atoms with Gasteiger partial charge in [-0.25, -0.2) is 9.18 Å². The summed E-state index contributed by atoms with van der Waals surface area (Å²) in [5, 5.41) is 14.0. The molecule has 1 unspecified atom stereocenters. The maximum atomic E-state index is 13.5. The Morgan fingerprint density at radius 1 is 1.53 bits per heavy atom. The second kappa shape index (κ2) is 8.01. The smallest absolute Gasteiger partial charge is 0.319 e. The molecule has 0 aromatic heterocycles. The van der Waals surface area contributed by atoms with E-state index in [1.54, 1.807) is 18.4 Å². The van der Waals surface area contributed by atoms with Gasteiger partial charge in [-0.05, 0) is 44.2 Å². The molecule has 4 nitrogen and oxygen atoms in total. The quantitative estimate of drug-likeness (QED) is 0.705. The highest BCUT2D eigenvalue weighted by Gasteiger charge is 2.08. The van der Waals surface area contributed by atoms with Crippen LogP contribution < -0.4 is 10.6 Å². The van der Waals surface area contributed by atoms with Gasteiger partial charge >= 0.3 is 6.03 Å². The summed E-state index contributed by atoms with van der Waals surface area (Å²) in [6, 6.07) is 4.17. The van der Waals surface area contributed by atoms with Gasteiger partial charge in [0.25, 0.3) is 0 Å². The van der Waals surface area contributed by atoms with Crippen molar-refractivity contribution in [3.8, 4) is 0 Å². The first kappa shape index (κ1) is 15.8. The van der Waals surface area contributed by atoms with E-state index in [1.807, 2.05) is 6.92 Å². The molecule has 0 radical (unpaired) electrons. The van der Waals surface area contributed by atoms with E-state index in [2.05, 4.69) is 10.6 Å². The summed E-state index contributed by atoms with van der Waals surface area (Å²) in [6.45, 7) is 1.96. The largest absolute Gasteiger partial charge is 0.396 e. The first-order valence-electron chi connectivity index (χ1n) is 6.08. The number of aliphatic hydroxyl groups is 1. The molecular weight excluding hydrogens is 267 g/mol. The molecule has 0 saturated carbocycles. The summed E-state index contributed by atoms with van der Waals surface area (Å²) in [4.78, 5) is 12.2. The number of carbonyl (C=O) groups excluding carboxylic acids is 1. The normalized spacial score (nSPS) is 12.0. The minimum atomic E-state index is -0.373. The van der Waals surface area contributed by atoms with Crippen LogP contribution in [0.5, 0.6) is 0 Å². The highest BCUT2D eigenvalue weighted by molar-refractivity contribution is 7.98. The van der Waals surface area contributed by atoms with Crippen molar-refractivity contribution < 1.29 is 14.3 Å². The summed E-state index contributed by atoms with van der Waals surface area (Å²) < 4.78 is 13.5. The average molecular weight is 286 g/mol. The van der Waals surface area contributed by atoms with Crippen molar-refractivity contribution in [2.45, 2.75) is 30.7 Å². The molecule has 3 N–H and O–H groups in total. The SMILES string of the molecule is CSc1ccc(NC(=O)NC(C)CCCO)cc1F. The van der Waals surface area contributed by atoms with Crippen molar-refractivity contribution >= 4 is 23.5 Å². The molecule has 0 spiro atoms. The number of halogens is 1. The van der Waals surface area contributed by atoms with E-state index in [0.717, 1.165) is 0 Å². The second-order valence-corrected chi connectivity index (χ2v) is 5.06. The monoisotopic (exact) mass is 286 g/mol. The molecule has 0 saturated heterocycles. The number of amides is 2. The first-order chi connectivity index (χ1) is 9.06. The maximum absolute atomic E-state index is 13.5. The van der Waals surface area contributed by atoms with Crippen molar-refractivity contribution in [3.63, 3.8) is 0 Å². The summed E-state index contributed by atoms with van der Waals surface area (Å²) >= 11 is 1.32. The zero-order chi connectivity index (χ0) is 14.3. The Bertz CT molecular complexity index is 429. The van der Waals surface area contributed by atoms with E-state index in [-0.39, 0.29) is 24.5 Å². The Hall–Kier alpha value is -1.27. The molecule has 6 heteroatoms. The minimum Gasteiger partial charge on any atom is -0.396 e. The average Bonchev–Trinajstić information content (AvgIpc) is 2.36. The highest BCUT2D eigenvalue weighted by atomic mass is 32.2. The molecule has 0 bridgehead atoms. The van der Waals surface area contributed by atoms with Crippen LogP contribution in [-0.2, 0) is 0 Å². The van der Waals surface area contributed by atoms with Gasteiger partial charge in [0, 0.05) is 23.2 Å².